The molecule has 8 heteroatoms. The molecule has 0 saturated heterocycles. The zero-order valence-corrected chi connectivity index (χ0v) is 8.50. The molecule has 0 atom stereocenters. The van der Waals surface area contributed by atoms with E-state index in [4.69, 9.17) is 0 Å². The van der Waals surface area contributed by atoms with E-state index in [1.54, 1.807) is 0 Å². The van der Waals surface area contributed by atoms with Gasteiger partial charge < -0.3 is 9.47 Å². The molecule has 1 aromatic heterocycles. The summed E-state index contributed by atoms with van der Waals surface area (Å²) in [6.45, 7) is 0. The lowest BCUT2D eigenvalue weighted by Gasteiger charge is -2.09. The Morgan fingerprint density at radius 2 is 1.25 bits per heavy atom. The summed E-state index contributed by atoms with van der Waals surface area (Å²) >= 11 is 0. The minimum absolute atomic E-state index is 0.244. The van der Waals surface area contributed by atoms with Gasteiger partial charge in [-0.05, 0) is 0 Å². The highest BCUT2D eigenvalue weighted by molar-refractivity contribution is 5.75. The van der Waals surface area contributed by atoms with Crippen LogP contribution in [0.1, 0.15) is 0 Å². The monoisotopic (exact) mass is 228 g/mol. The molecule has 1 aromatic rings. The van der Waals surface area contributed by atoms with E-state index in [0.29, 0.717) is 0 Å². The lowest BCUT2D eigenvalue weighted by molar-refractivity contribution is 0.145. The Hall–Kier alpha value is -2.38. The average molecular weight is 228 g/mol. The molecule has 0 fully saturated rings. The molecule has 0 radical (unpaired) electrons. The highest BCUT2D eigenvalue weighted by Crippen LogP contribution is 1.86. The molecule has 0 amide bonds. The largest absolute Gasteiger partial charge is 0.451 e. The van der Waals surface area contributed by atoms with Crippen LogP contribution in [0, 0.1) is 0 Å². The van der Waals surface area contributed by atoms with Crippen molar-refractivity contribution >= 4 is 12.2 Å². The molecule has 0 unspecified atom stereocenters. The van der Waals surface area contributed by atoms with Crippen LogP contribution < -0.4 is 11.1 Å². The standard InChI is InChI=1S/C8H8N2O6/c1-15-7(13)9-5(11)3-4-6(12)10(9)8(14)16-2/h3-4H,1-2H3. The fourth-order valence-electron chi connectivity index (χ4n) is 0.997. The van der Waals surface area contributed by atoms with Crippen LogP contribution in [-0.4, -0.2) is 35.8 Å². The van der Waals surface area contributed by atoms with Gasteiger partial charge in [0, 0.05) is 12.1 Å². The molecule has 0 saturated carbocycles. The van der Waals surface area contributed by atoms with Crippen molar-refractivity contribution in [3.8, 4) is 0 Å². The van der Waals surface area contributed by atoms with Crippen LogP contribution in [0.25, 0.3) is 0 Å². The molecule has 0 aliphatic rings. The van der Waals surface area contributed by atoms with Gasteiger partial charge in [-0.3, -0.25) is 9.59 Å². The third-order valence-corrected chi connectivity index (χ3v) is 1.68. The third kappa shape index (κ3) is 1.85. The fraction of sp³-hybridized carbons (Fsp3) is 0.250. The van der Waals surface area contributed by atoms with Gasteiger partial charge in [0.1, 0.15) is 0 Å². The first-order chi connectivity index (χ1) is 7.52. The smallest absolute Gasteiger partial charge is 0.436 e. The van der Waals surface area contributed by atoms with Crippen molar-refractivity contribution in [3.63, 3.8) is 0 Å². The quantitative estimate of drug-likeness (QED) is 0.579. The van der Waals surface area contributed by atoms with Crippen LogP contribution in [0.5, 0.6) is 0 Å². The van der Waals surface area contributed by atoms with Crippen molar-refractivity contribution in [1.29, 1.82) is 0 Å². The van der Waals surface area contributed by atoms with Crippen LogP contribution in [-0.2, 0) is 9.47 Å². The van der Waals surface area contributed by atoms with Crippen LogP contribution in [0.3, 0.4) is 0 Å². The van der Waals surface area contributed by atoms with Gasteiger partial charge in [0.05, 0.1) is 14.2 Å². The number of aromatic nitrogens is 2. The van der Waals surface area contributed by atoms with E-state index in [1.807, 2.05) is 0 Å². The number of hydrogen-bond donors (Lipinski definition) is 0. The number of carbonyl (C=O) groups is 2. The molecular weight excluding hydrogens is 220 g/mol. The van der Waals surface area contributed by atoms with E-state index >= 15 is 0 Å². The predicted molar refractivity (Wildman–Crippen MR) is 50.6 cm³/mol. The Morgan fingerprint density at radius 3 is 1.50 bits per heavy atom. The van der Waals surface area contributed by atoms with Crippen molar-refractivity contribution in [2.24, 2.45) is 0 Å². The summed E-state index contributed by atoms with van der Waals surface area (Å²) in [4.78, 5) is 45.0. The topological polar surface area (TPSA) is 96.6 Å². The second-order valence-corrected chi connectivity index (χ2v) is 2.57. The Bertz CT molecular complexity index is 491. The molecule has 0 bridgehead atoms. The van der Waals surface area contributed by atoms with E-state index in [0.717, 1.165) is 26.4 Å². The second-order valence-electron chi connectivity index (χ2n) is 2.57. The number of rotatable bonds is 0. The Labute approximate surface area is 88.6 Å². The summed E-state index contributed by atoms with van der Waals surface area (Å²) in [5.74, 6) is 0. The lowest BCUT2D eigenvalue weighted by Crippen LogP contribution is -2.44. The van der Waals surface area contributed by atoms with Gasteiger partial charge in [-0.15, -0.1) is 9.36 Å². The molecule has 8 nitrogen and oxygen atoms in total. The summed E-state index contributed by atoms with van der Waals surface area (Å²) in [5, 5.41) is 0. The highest BCUT2D eigenvalue weighted by Gasteiger charge is 2.18. The van der Waals surface area contributed by atoms with Gasteiger partial charge in [0.2, 0.25) is 0 Å². The van der Waals surface area contributed by atoms with Crippen molar-refractivity contribution < 1.29 is 19.1 Å². The fourth-order valence-corrected chi connectivity index (χ4v) is 0.997. The van der Waals surface area contributed by atoms with Gasteiger partial charge in [0.15, 0.2) is 0 Å². The van der Waals surface area contributed by atoms with Crippen molar-refractivity contribution in [3.05, 3.63) is 32.8 Å². The summed E-state index contributed by atoms with van der Waals surface area (Å²) in [6.07, 6.45) is -2.32. The predicted octanol–water partition coefficient (Wildman–Crippen LogP) is -0.761. The van der Waals surface area contributed by atoms with E-state index in [-0.39, 0.29) is 9.36 Å². The molecular formula is C8H8N2O6. The Balaban J connectivity index is 3.62. The van der Waals surface area contributed by atoms with Gasteiger partial charge in [0.25, 0.3) is 11.1 Å². The molecule has 1 heterocycles. The van der Waals surface area contributed by atoms with E-state index in [1.165, 1.54) is 0 Å². The van der Waals surface area contributed by atoms with E-state index < -0.39 is 23.3 Å². The maximum absolute atomic E-state index is 11.3. The number of carbonyl (C=O) groups excluding carboxylic acids is 2. The molecule has 16 heavy (non-hydrogen) atoms. The third-order valence-electron chi connectivity index (χ3n) is 1.68. The van der Waals surface area contributed by atoms with Crippen molar-refractivity contribution in [2.45, 2.75) is 0 Å². The average Bonchev–Trinajstić information content (AvgIpc) is 2.29. The first-order valence-electron chi connectivity index (χ1n) is 4.05. The zero-order valence-electron chi connectivity index (χ0n) is 8.50. The van der Waals surface area contributed by atoms with E-state index in [9.17, 15) is 19.2 Å². The van der Waals surface area contributed by atoms with Crippen LogP contribution in [0.15, 0.2) is 21.7 Å². The maximum Gasteiger partial charge on any atom is 0.436 e. The number of nitrogens with zero attached hydrogens (tertiary/aromatic N) is 2. The summed E-state index contributed by atoms with van der Waals surface area (Å²) in [6, 6.07) is 1.69. The number of ether oxygens (including phenoxy) is 2. The van der Waals surface area contributed by atoms with Gasteiger partial charge >= 0.3 is 12.2 Å². The van der Waals surface area contributed by atoms with E-state index in [2.05, 4.69) is 9.47 Å². The van der Waals surface area contributed by atoms with Crippen LogP contribution in [0.4, 0.5) is 9.59 Å². The van der Waals surface area contributed by atoms with Gasteiger partial charge in [-0.25, -0.2) is 9.59 Å². The number of methoxy groups -OCH3 is 2. The van der Waals surface area contributed by atoms with Crippen molar-refractivity contribution in [1.82, 2.24) is 9.36 Å². The van der Waals surface area contributed by atoms with Crippen LogP contribution >= 0.6 is 0 Å². The van der Waals surface area contributed by atoms with Crippen molar-refractivity contribution in [2.75, 3.05) is 14.2 Å². The first kappa shape index (κ1) is 11.7. The zero-order chi connectivity index (χ0) is 12.3. The number of hydrogen-bond acceptors (Lipinski definition) is 6. The molecule has 0 aliphatic heterocycles. The lowest BCUT2D eigenvalue weighted by atomic mass is 10.5. The molecule has 0 spiro atoms. The molecule has 86 valence electrons. The summed E-state index contributed by atoms with van der Waals surface area (Å²) in [5.41, 5.74) is -1.76. The Morgan fingerprint density at radius 1 is 0.938 bits per heavy atom. The second kappa shape index (κ2) is 4.43. The van der Waals surface area contributed by atoms with Gasteiger partial charge in [-0.2, -0.15) is 0 Å². The minimum atomic E-state index is -1.16. The first-order valence-corrected chi connectivity index (χ1v) is 4.05. The SMILES string of the molecule is COC(=O)n1c(=O)ccc(=O)n1C(=O)OC. The molecule has 0 aromatic carbocycles. The molecule has 1 rings (SSSR count). The molecule has 0 N–H and O–H groups in total. The molecule has 0 aliphatic carbocycles. The Kier molecular flexibility index (Phi) is 3.24. The summed E-state index contributed by atoms with van der Waals surface area (Å²) < 4.78 is 9.02. The maximum atomic E-state index is 11.3. The van der Waals surface area contributed by atoms with Gasteiger partial charge in [-0.1, -0.05) is 0 Å². The minimum Gasteiger partial charge on any atom is -0.451 e. The normalized spacial score (nSPS) is 9.62. The van der Waals surface area contributed by atoms with Crippen LogP contribution in [0.2, 0.25) is 0 Å². The highest BCUT2D eigenvalue weighted by atomic mass is 16.6. The summed E-state index contributed by atoms with van der Waals surface area (Å²) in [7, 11) is 2.02.